The van der Waals surface area contributed by atoms with Gasteiger partial charge in [0.25, 0.3) is 11.8 Å². The molecule has 0 saturated heterocycles. The van der Waals surface area contributed by atoms with Gasteiger partial charge in [-0.25, -0.2) is 4.39 Å². The molecule has 1 aliphatic rings. The summed E-state index contributed by atoms with van der Waals surface area (Å²) in [6, 6.07) is 16.9. The third-order valence-electron chi connectivity index (χ3n) is 7.14. The molecule has 2 amide bonds. The largest absolute Gasteiger partial charge is 0.455 e. The summed E-state index contributed by atoms with van der Waals surface area (Å²) in [7, 11) is 1.55. The van der Waals surface area contributed by atoms with E-state index in [0.717, 1.165) is 29.5 Å². The summed E-state index contributed by atoms with van der Waals surface area (Å²) in [6.45, 7) is 5.99. The Morgan fingerprint density at radius 3 is 2.45 bits per heavy atom. The Morgan fingerprint density at radius 1 is 1.05 bits per heavy atom. The van der Waals surface area contributed by atoms with Gasteiger partial charge in [0.2, 0.25) is 0 Å². The number of halogens is 1. The molecule has 202 valence electrons. The van der Waals surface area contributed by atoms with E-state index < -0.39 is 5.54 Å². The summed E-state index contributed by atoms with van der Waals surface area (Å²) in [5, 5.41) is 6.38. The molecule has 0 aliphatic heterocycles. The lowest BCUT2D eigenvalue weighted by Crippen LogP contribution is -2.37. The molecule has 0 bridgehead atoms. The Hall–Kier alpha value is -4.98. The lowest BCUT2D eigenvalue weighted by atomic mass is 9.95. The fourth-order valence-electron chi connectivity index (χ4n) is 4.70. The molecule has 4 aromatic rings. The first-order chi connectivity index (χ1) is 19.3. The van der Waals surface area contributed by atoms with Crippen molar-refractivity contribution in [2.24, 2.45) is 10.7 Å². The van der Waals surface area contributed by atoms with Crippen LogP contribution in [0.2, 0.25) is 0 Å². The molecule has 0 atom stereocenters. The number of rotatable bonds is 8. The normalized spacial score (nSPS) is 14.1. The van der Waals surface area contributed by atoms with Gasteiger partial charge in [0.1, 0.15) is 17.2 Å². The molecule has 3 aromatic carbocycles. The maximum Gasteiger partial charge on any atom is 0.255 e. The number of hydrogen-bond donors (Lipinski definition) is 3. The Kier molecular flexibility index (Phi) is 7.09. The second-order valence-electron chi connectivity index (χ2n) is 9.78. The van der Waals surface area contributed by atoms with Crippen molar-refractivity contribution in [2.45, 2.75) is 25.3 Å². The van der Waals surface area contributed by atoms with Gasteiger partial charge in [0, 0.05) is 29.8 Å². The van der Waals surface area contributed by atoms with E-state index in [2.05, 4.69) is 22.2 Å². The van der Waals surface area contributed by atoms with Crippen LogP contribution in [0.3, 0.4) is 0 Å². The zero-order chi connectivity index (χ0) is 28.4. The predicted molar refractivity (Wildman–Crippen MR) is 156 cm³/mol. The number of aliphatic imine (C=N–C) groups is 1. The van der Waals surface area contributed by atoms with Crippen LogP contribution in [0.15, 0.2) is 94.6 Å². The van der Waals surface area contributed by atoms with E-state index in [4.69, 9.17) is 10.2 Å². The number of furan rings is 1. The average Bonchev–Trinajstić information content (AvgIpc) is 3.64. The molecule has 1 fully saturated rings. The van der Waals surface area contributed by atoms with E-state index in [1.165, 1.54) is 18.3 Å². The van der Waals surface area contributed by atoms with Gasteiger partial charge in [-0.15, -0.1) is 0 Å². The number of nitrogens with zero attached hydrogens (tertiary/aromatic N) is 1. The fraction of sp³-hybridized carbons (Fsp3) is 0.156. The second-order valence-corrected chi connectivity index (χ2v) is 9.78. The molecule has 0 unspecified atom stereocenters. The third kappa shape index (κ3) is 5.03. The summed E-state index contributed by atoms with van der Waals surface area (Å²) in [5.74, 6) is -0.564. The maximum absolute atomic E-state index is 13.5. The molecule has 0 spiro atoms. The van der Waals surface area contributed by atoms with Gasteiger partial charge in [0.05, 0.1) is 16.8 Å². The van der Waals surface area contributed by atoms with Crippen molar-refractivity contribution in [2.75, 3.05) is 7.05 Å². The number of nitrogens with two attached hydrogens (primary N) is 1. The zero-order valence-electron chi connectivity index (χ0n) is 22.3. The lowest BCUT2D eigenvalue weighted by Gasteiger charge is -2.18. The summed E-state index contributed by atoms with van der Waals surface area (Å²) < 4.78 is 19.6. The summed E-state index contributed by atoms with van der Waals surface area (Å²) in [4.78, 5) is 30.5. The quantitative estimate of drug-likeness (QED) is 0.244. The van der Waals surface area contributed by atoms with E-state index in [-0.39, 0.29) is 17.6 Å². The highest BCUT2D eigenvalue weighted by Crippen LogP contribution is 2.42. The van der Waals surface area contributed by atoms with E-state index in [0.29, 0.717) is 39.1 Å². The van der Waals surface area contributed by atoms with Gasteiger partial charge in [0.15, 0.2) is 0 Å². The number of aryl methyl sites for hydroxylation is 1. The fourth-order valence-corrected chi connectivity index (χ4v) is 4.70. The van der Waals surface area contributed by atoms with Crippen LogP contribution < -0.4 is 16.4 Å². The minimum atomic E-state index is -0.560. The molecule has 0 radical (unpaired) electrons. The molecule has 8 heteroatoms. The van der Waals surface area contributed by atoms with Gasteiger partial charge < -0.3 is 20.8 Å². The van der Waals surface area contributed by atoms with Crippen molar-refractivity contribution >= 4 is 29.0 Å². The van der Waals surface area contributed by atoms with E-state index in [9.17, 15) is 14.0 Å². The van der Waals surface area contributed by atoms with E-state index >= 15 is 0 Å². The first-order valence-electron chi connectivity index (χ1n) is 12.8. The highest BCUT2D eigenvalue weighted by molar-refractivity contribution is 6.12. The Bertz CT molecular complexity index is 1700. The number of amides is 2. The standard InChI is InChI=1S/C32H29FN4O3/c1-19-5-6-23(30(38)37-32(13-14-32)20(2)36-16-4-15-34)18-25(19)22-9-12-27-26(17-22)28(31(39)35-3)29(40-27)21-7-10-24(33)11-8-21/h4-12,15-18H,2,13-14,34H2,1,3H3,(H,35,39)(H,37,38)/b15-4-,36-16?. The average molecular weight is 537 g/mol. The highest BCUT2D eigenvalue weighted by atomic mass is 19.1. The van der Waals surface area contributed by atoms with Gasteiger partial charge in [-0.3, -0.25) is 14.6 Å². The first-order valence-corrected chi connectivity index (χ1v) is 12.8. The van der Waals surface area contributed by atoms with Crippen LogP contribution in [0.4, 0.5) is 4.39 Å². The van der Waals surface area contributed by atoms with E-state index in [1.54, 1.807) is 43.6 Å². The molecule has 5 rings (SSSR count). The SMILES string of the molecule is C=C(N=C/C=C\N)C1(NC(=O)c2ccc(C)c(-c3ccc4oc(-c5ccc(F)cc5)c(C(=O)NC)c4c3)c2)CC1. The Balaban J connectivity index is 1.51. The monoisotopic (exact) mass is 536 g/mol. The maximum atomic E-state index is 13.5. The van der Waals surface area contributed by atoms with Crippen LogP contribution in [-0.2, 0) is 0 Å². The van der Waals surface area contributed by atoms with Crippen molar-refractivity contribution in [1.82, 2.24) is 10.6 Å². The zero-order valence-corrected chi connectivity index (χ0v) is 22.3. The van der Waals surface area contributed by atoms with Crippen molar-refractivity contribution < 1.29 is 18.4 Å². The Morgan fingerprint density at radius 2 is 1.77 bits per heavy atom. The first kappa shape index (κ1) is 26.6. The number of hydrogen-bond acceptors (Lipinski definition) is 5. The number of carbonyl (C=O) groups is 2. The summed E-state index contributed by atoms with van der Waals surface area (Å²) >= 11 is 0. The Labute approximate surface area is 231 Å². The molecule has 7 nitrogen and oxygen atoms in total. The van der Waals surface area contributed by atoms with Gasteiger partial charge in [-0.05, 0) is 97.3 Å². The molecule has 1 aromatic heterocycles. The van der Waals surface area contributed by atoms with Crippen LogP contribution in [0.5, 0.6) is 0 Å². The predicted octanol–water partition coefficient (Wildman–Crippen LogP) is 5.89. The lowest BCUT2D eigenvalue weighted by molar-refractivity contribution is 0.0935. The summed E-state index contributed by atoms with van der Waals surface area (Å²) in [6.07, 6.45) is 6.06. The summed E-state index contributed by atoms with van der Waals surface area (Å²) in [5.41, 5.74) is 9.96. The molecule has 1 heterocycles. The van der Waals surface area contributed by atoms with Gasteiger partial charge in [-0.2, -0.15) is 0 Å². The number of nitrogens with one attached hydrogen (secondary N) is 2. The number of fused-ring (bicyclic) bond motifs is 1. The topological polar surface area (TPSA) is 110 Å². The van der Waals surface area contributed by atoms with Gasteiger partial charge in [-0.1, -0.05) is 18.7 Å². The smallest absolute Gasteiger partial charge is 0.255 e. The molecule has 40 heavy (non-hydrogen) atoms. The number of allylic oxidation sites excluding steroid dienone is 1. The third-order valence-corrected chi connectivity index (χ3v) is 7.14. The van der Waals surface area contributed by atoms with Crippen molar-refractivity contribution in [3.8, 4) is 22.5 Å². The second kappa shape index (κ2) is 10.6. The van der Waals surface area contributed by atoms with Gasteiger partial charge >= 0.3 is 0 Å². The molecular weight excluding hydrogens is 507 g/mol. The van der Waals surface area contributed by atoms with Crippen LogP contribution in [0, 0.1) is 12.7 Å². The molecule has 1 aliphatic carbocycles. The molecular formula is C32H29FN4O3. The van der Waals surface area contributed by atoms with Crippen LogP contribution in [0.1, 0.15) is 39.1 Å². The van der Waals surface area contributed by atoms with Crippen LogP contribution in [0.25, 0.3) is 33.4 Å². The van der Waals surface area contributed by atoms with Crippen molar-refractivity contribution in [1.29, 1.82) is 0 Å². The minimum absolute atomic E-state index is 0.224. The number of carbonyl (C=O) groups excluding carboxylic acids is 2. The van der Waals surface area contributed by atoms with Crippen molar-refractivity contribution in [3.05, 3.63) is 108 Å². The minimum Gasteiger partial charge on any atom is -0.455 e. The van der Waals surface area contributed by atoms with Crippen LogP contribution in [-0.4, -0.2) is 30.6 Å². The molecule has 4 N–H and O–H groups in total. The molecule has 1 saturated carbocycles. The van der Waals surface area contributed by atoms with E-state index in [1.807, 2.05) is 31.2 Å². The van der Waals surface area contributed by atoms with Crippen molar-refractivity contribution in [3.63, 3.8) is 0 Å². The number of benzene rings is 3. The highest BCUT2D eigenvalue weighted by Gasteiger charge is 2.47. The van der Waals surface area contributed by atoms with Crippen LogP contribution >= 0.6 is 0 Å².